The Hall–Kier alpha value is -1.02. The summed E-state index contributed by atoms with van der Waals surface area (Å²) in [5.74, 6) is 0.660. The molecule has 7 nitrogen and oxygen atoms in total. The molecule has 0 aliphatic rings. The smallest absolute Gasteiger partial charge is 0.108 e. The Balaban J connectivity index is 1.96. The lowest BCUT2D eigenvalue weighted by Crippen LogP contribution is -2.27. The van der Waals surface area contributed by atoms with Gasteiger partial charge < -0.3 is 19.5 Å². The average Bonchev–Trinajstić information content (AvgIpc) is 2.97. The second kappa shape index (κ2) is 13.3. The third kappa shape index (κ3) is 11.5. The van der Waals surface area contributed by atoms with E-state index in [4.69, 9.17) is 14.2 Å². The van der Waals surface area contributed by atoms with Crippen molar-refractivity contribution in [2.45, 2.75) is 53.3 Å². The van der Waals surface area contributed by atoms with E-state index in [1.807, 2.05) is 6.20 Å². The predicted octanol–water partition coefficient (Wildman–Crippen LogP) is 1.87. The minimum Gasteiger partial charge on any atom is -0.378 e. The summed E-state index contributed by atoms with van der Waals surface area (Å²) in [5.41, 5.74) is 0.861. The van der Waals surface area contributed by atoms with Crippen LogP contribution < -0.4 is 5.32 Å². The Morgan fingerprint density at radius 3 is 2.46 bits per heavy atom. The normalized spacial score (nSPS) is 11.8. The van der Waals surface area contributed by atoms with Crippen molar-refractivity contribution in [2.75, 3.05) is 39.6 Å². The monoisotopic (exact) mass is 342 g/mol. The van der Waals surface area contributed by atoms with Crippen LogP contribution in [0.3, 0.4) is 0 Å². The molecular formula is C17H34N4O3. The summed E-state index contributed by atoms with van der Waals surface area (Å²) < 4.78 is 18.4. The van der Waals surface area contributed by atoms with Gasteiger partial charge in [0.25, 0.3) is 0 Å². The molecule has 0 aliphatic heterocycles. The van der Waals surface area contributed by atoms with E-state index in [1.54, 1.807) is 4.68 Å². The zero-order valence-corrected chi connectivity index (χ0v) is 15.7. The van der Waals surface area contributed by atoms with Gasteiger partial charge >= 0.3 is 0 Å². The molecule has 140 valence electrons. The molecule has 0 saturated carbocycles. The van der Waals surface area contributed by atoms with Crippen LogP contribution in [0.5, 0.6) is 0 Å². The van der Waals surface area contributed by atoms with Crippen LogP contribution in [0.4, 0.5) is 0 Å². The van der Waals surface area contributed by atoms with E-state index in [0.29, 0.717) is 51.5 Å². The second-order valence-electron chi connectivity index (χ2n) is 6.54. The molecule has 0 radical (unpaired) electrons. The summed E-state index contributed by atoms with van der Waals surface area (Å²) in [6, 6.07) is 0.498. The Morgan fingerprint density at radius 1 is 1.00 bits per heavy atom. The second-order valence-corrected chi connectivity index (χ2v) is 6.54. The van der Waals surface area contributed by atoms with Crippen LogP contribution in [-0.4, -0.2) is 60.6 Å². The van der Waals surface area contributed by atoms with Crippen molar-refractivity contribution in [3.05, 3.63) is 11.9 Å². The fraction of sp³-hybridized carbons (Fsp3) is 0.882. The van der Waals surface area contributed by atoms with Crippen molar-refractivity contribution in [1.29, 1.82) is 0 Å². The van der Waals surface area contributed by atoms with Crippen LogP contribution in [0.2, 0.25) is 0 Å². The van der Waals surface area contributed by atoms with Gasteiger partial charge in [-0.15, -0.1) is 5.10 Å². The van der Waals surface area contributed by atoms with Gasteiger partial charge in [-0.05, 0) is 12.3 Å². The van der Waals surface area contributed by atoms with Gasteiger partial charge in [-0.25, -0.2) is 4.68 Å². The van der Waals surface area contributed by atoms with Crippen molar-refractivity contribution in [2.24, 2.45) is 5.92 Å². The van der Waals surface area contributed by atoms with Crippen molar-refractivity contribution >= 4 is 0 Å². The molecule has 1 aromatic heterocycles. The molecule has 0 atom stereocenters. The van der Waals surface area contributed by atoms with E-state index >= 15 is 0 Å². The number of rotatable bonds is 15. The van der Waals surface area contributed by atoms with Gasteiger partial charge in [0.15, 0.2) is 0 Å². The first-order chi connectivity index (χ1) is 11.6. The zero-order chi connectivity index (χ0) is 17.6. The minimum absolute atomic E-state index is 0.498. The molecule has 1 aromatic rings. The number of aromatic nitrogens is 3. The molecule has 0 spiro atoms. The molecule has 1 rings (SSSR count). The van der Waals surface area contributed by atoms with Gasteiger partial charge in [0.1, 0.15) is 5.69 Å². The van der Waals surface area contributed by atoms with Gasteiger partial charge in [-0.2, -0.15) is 0 Å². The summed E-state index contributed by atoms with van der Waals surface area (Å²) in [5, 5.41) is 11.5. The zero-order valence-electron chi connectivity index (χ0n) is 15.7. The summed E-state index contributed by atoms with van der Waals surface area (Å²) in [7, 11) is 0. The maximum atomic E-state index is 5.58. The summed E-state index contributed by atoms with van der Waals surface area (Å²) in [4.78, 5) is 0. The van der Waals surface area contributed by atoms with Crippen molar-refractivity contribution in [3.8, 4) is 0 Å². The summed E-state index contributed by atoms with van der Waals surface area (Å²) in [6.07, 6.45) is 2.98. The van der Waals surface area contributed by atoms with Gasteiger partial charge in [0, 0.05) is 19.2 Å². The lowest BCUT2D eigenvalue weighted by molar-refractivity contribution is 0.0445. The first-order valence-corrected chi connectivity index (χ1v) is 8.93. The van der Waals surface area contributed by atoms with Gasteiger partial charge in [0.2, 0.25) is 0 Å². The maximum absolute atomic E-state index is 5.58. The minimum atomic E-state index is 0.498. The molecule has 0 unspecified atom stereocenters. The third-order valence-electron chi connectivity index (χ3n) is 3.31. The van der Waals surface area contributed by atoms with E-state index in [-0.39, 0.29) is 0 Å². The number of hydrogen-bond acceptors (Lipinski definition) is 6. The highest BCUT2D eigenvalue weighted by atomic mass is 16.5. The quantitative estimate of drug-likeness (QED) is 0.491. The molecule has 7 heteroatoms. The average molecular weight is 342 g/mol. The largest absolute Gasteiger partial charge is 0.378 e. The van der Waals surface area contributed by atoms with Gasteiger partial charge in [-0.1, -0.05) is 32.9 Å². The standard InChI is InChI=1S/C17H34N4O3/c1-15(2)5-8-24-14-17-13-21(20-19-17)7-10-23-12-11-22-9-6-18-16(3)4/h13,15-16,18H,5-12,14H2,1-4H3. The molecule has 0 aliphatic carbocycles. The van der Waals surface area contributed by atoms with E-state index in [2.05, 4.69) is 43.3 Å². The highest BCUT2D eigenvalue weighted by molar-refractivity contribution is 4.89. The van der Waals surface area contributed by atoms with E-state index in [1.165, 1.54) is 0 Å². The lowest BCUT2D eigenvalue weighted by atomic mass is 10.1. The molecule has 1 N–H and O–H groups in total. The van der Waals surface area contributed by atoms with Gasteiger partial charge in [0.05, 0.1) is 45.8 Å². The van der Waals surface area contributed by atoms with Crippen LogP contribution >= 0.6 is 0 Å². The maximum Gasteiger partial charge on any atom is 0.108 e. The highest BCUT2D eigenvalue weighted by Crippen LogP contribution is 2.02. The third-order valence-corrected chi connectivity index (χ3v) is 3.31. The molecule has 1 heterocycles. The first kappa shape index (κ1) is 21.0. The molecule has 0 saturated heterocycles. The number of ether oxygens (including phenoxy) is 3. The molecule has 0 amide bonds. The Labute approximate surface area is 146 Å². The number of hydrogen-bond donors (Lipinski definition) is 1. The molecule has 24 heavy (non-hydrogen) atoms. The molecular weight excluding hydrogens is 308 g/mol. The van der Waals surface area contributed by atoms with Crippen molar-refractivity contribution < 1.29 is 14.2 Å². The lowest BCUT2D eigenvalue weighted by Gasteiger charge is -2.08. The van der Waals surface area contributed by atoms with E-state index in [9.17, 15) is 0 Å². The van der Waals surface area contributed by atoms with E-state index < -0.39 is 0 Å². The van der Waals surface area contributed by atoms with Crippen LogP contribution in [0.25, 0.3) is 0 Å². The molecule has 0 aromatic carbocycles. The SMILES string of the molecule is CC(C)CCOCc1cn(CCOCCOCCNC(C)C)nn1. The fourth-order valence-electron chi connectivity index (χ4n) is 1.91. The van der Waals surface area contributed by atoms with Crippen LogP contribution in [0.15, 0.2) is 6.20 Å². The van der Waals surface area contributed by atoms with Crippen molar-refractivity contribution in [3.63, 3.8) is 0 Å². The summed E-state index contributed by atoms with van der Waals surface area (Å²) in [6.45, 7) is 14.0. The highest BCUT2D eigenvalue weighted by Gasteiger charge is 2.02. The molecule has 0 fully saturated rings. The van der Waals surface area contributed by atoms with Crippen LogP contribution in [0, 0.1) is 5.92 Å². The van der Waals surface area contributed by atoms with E-state index in [0.717, 1.165) is 25.3 Å². The van der Waals surface area contributed by atoms with Gasteiger partial charge in [-0.3, -0.25) is 0 Å². The fourth-order valence-corrected chi connectivity index (χ4v) is 1.91. The Kier molecular flexibility index (Phi) is 11.6. The van der Waals surface area contributed by atoms with Crippen LogP contribution in [0.1, 0.15) is 39.8 Å². The summed E-state index contributed by atoms with van der Waals surface area (Å²) >= 11 is 0. The van der Waals surface area contributed by atoms with Crippen molar-refractivity contribution in [1.82, 2.24) is 20.3 Å². The Morgan fingerprint density at radius 2 is 1.75 bits per heavy atom. The number of nitrogens with zero attached hydrogens (tertiary/aromatic N) is 3. The Bertz CT molecular complexity index is 410. The van der Waals surface area contributed by atoms with Crippen LogP contribution in [-0.2, 0) is 27.4 Å². The predicted molar refractivity (Wildman–Crippen MR) is 93.9 cm³/mol. The topological polar surface area (TPSA) is 70.4 Å². The first-order valence-electron chi connectivity index (χ1n) is 8.93. The molecule has 0 bridgehead atoms. The number of nitrogens with one attached hydrogen (secondary N) is 1.